The van der Waals surface area contributed by atoms with Crippen molar-refractivity contribution in [1.82, 2.24) is 24.1 Å². The van der Waals surface area contributed by atoms with E-state index in [0.717, 1.165) is 39.1 Å². The molecule has 0 unspecified atom stereocenters. The summed E-state index contributed by atoms with van der Waals surface area (Å²) in [7, 11) is 0. The smallest absolute Gasteiger partial charge is 0.164 e. The third-order valence-electron chi connectivity index (χ3n) is 10.5. The summed E-state index contributed by atoms with van der Waals surface area (Å²) < 4.78 is 4.80. The highest BCUT2D eigenvalue weighted by atomic mass is 15.0. The molecule has 0 bridgehead atoms. The van der Waals surface area contributed by atoms with Crippen molar-refractivity contribution in [3.63, 3.8) is 0 Å². The lowest BCUT2D eigenvalue weighted by atomic mass is 10.0. The lowest BCUT2D eigenvalue weighted by Gasteiger charge is -2.11. The van der Waals surface area contributed by atoms with E-state index in [1.807, 2.05) is 60.7 Å². The summed E-state index contributed by atoms with van der Waals surface area (Å²) in [5.74, 6) is 1.94. The molecule has 0 radical (unpaired) electrons. The van der Waals surface area contributed by atoms with Crippen molar-refractivity contribution in [3.8, 4) is 45.5 Å². The first-order valence-corrected chi connectivity index (χ1v) is 18.2. The third kappa shape index (κ3) is 4.83. The molecule has 0 spiro atoms. The Morgan fingerprint density at radius 1 is 0.278 bits per heavy atom. The van der Waals surface area contributed by atoms with Gasteiger partial charge in [0.1, 0.15) is 0 Å². The number of nitrogens with zero attached hydrogens (tertiary/aromatic N) is 5. The second kappa shape index (κ2) is 12.1. The summed E-state index contributed by atoms with van der Waals surface area (Å²) in [6.45, 7) is 0. The van der Waals surface area contributed by atoms with E-state index in [1.54, 1.807) is 0 Å². The standard InChI is InChI=1S/C49H31N5/c1-4-14-32(15-5-1)47-50-48(33-16-6-2-7-17-33)52-49(51-47)34-24-26-38(27-25-34)54-44-29-36-19-11-10-18-35(36)28-40(44)42-31-45-41(30-46(42)54)39-22-12-13-23-43(39)53(45)37-20-8-3-9-21-37/h1-31H. The largest absolute Gasteiger partial charge is 0.309 e. The van der Waals surface area contributed by atoms with Gasteiger partial charge in [-0.2, -0.15) is 0 Å². The van der Waals surface area contributed by atoms with Crippen LogP contribution in [0.3, 0.4) is 0 Å². The molecular formula is C49H31N5. The van der Waals surface area contributed by atoms with Gasteiger partial charge in [0.25, 0.3) is 0 Å². The normalized spacial score (nSPS) is 11.7. The van der Waals surface area contributed by atoms with Crippen molar-refractivity contribution in [3.05, 3.63) is 188 Å². The molecule has 0 saturated carbocycles. The maximum absolute atomic E-state index is 4.98. The molecule has 0 fully saturated rings. The number of hydrogen-bond acceptors (Lipinski definition) is 3. The second-order valence-corrected chi connectivity index (χ2v) is 13.7. The molecule has 3 aromatic heterocycles. The number of benzene rings is 8. The van der Waals surface area contributed by atoms with Gasteiger partial charge in [0, 0.05) is 49.6 Å². The molecule has 54 heavy (non-hydrogen) atoms. The maximum Gasteiger partial charge on any atom is 0.164 e. The van der Waals surface area contributed by atoms with Crippen LogP contribution in [-0.4, -0.2) is 24.1 Å². The third-order valence-corrected chi connectivity index (χ3v) is 10.5. The zero-order valence-corrected chi connectivity index (χ0v) is 29.1. The van der Waals surface area contributed by atoms with Crippen LogP contribution in [0.5, 0.6) is 0 Å². The van der Waals surface area contributed by atoms with Crippen LogP contribution < -0.4 is 0 Å². The second-order valence-electron chi connectivity index (χ2n) is 13.7. The van der Waals surface area contributed by atoms with E-state index >= 15 is 0 Å². The molecule has 0 saturated heterocycles. The van der Waals surface area contributed by atoms with Crippen LogP contribution in [0.2, 0.25) is 0 Å². The molecule has 11 aromatic rings. The Hall–Kier alpha value is -7.37. The molecule has 11 rings (SSSR count). The van der Waals surface area contributed by atoms with Crippen molar-refractivity contribution in [1.29, 1.82) is 0 Å². The van der Waals surface area contributed by atoms with Crippen molar-refractivity contribution in [2.45, 2.75) is 0 Å². The Balaban J connectivity index is 1.14. The Morgan fingerprint density at radius 2 is 0.685 bits per heavy atom. The lowest BCUT2D eigenvalue weighted by Crippen LogP contribution is -2.00. The Bertz CT molecular complexity index is 3120. The van der Waals surface area contributed by atoms with Crippen LogP contribution in [0.25, 0.3) is 99.9 Å². The van der Waals surface area contributed by atoms with E-state index in [-0.39, 0.29) is 0 Å². The van der Waals surface area contributed by atoms with Gasteiger partial charge in [-0.05, 0) is 77.5 Å². The van der Waals surface area contributed by atoms with E-state index < -0.39 is 0 Å². The fourth-order valence-electron chi connectivity index (χ4n) is 7.99. The highest BCUT2D eigenvalue weighted by Crippen LogP contribution is 2.41. The molecule has 3 heterocycles. The lowest BCUT2D eigenvalue weighted by molar-refractivity contribution is 1.07. The molecular weight excluding hydrogens is 659 g/mol. The fraction of sp³-hybridized carbons (Fsp3) is 0. The predicted octanol–water partition coefficient (Wildman–Crippen LogP) is 12.2. The molecule has 252 valence electrons. The number of aromatic nitrogens is 5. The van der Waals surface area contributed by atoms with Gasteiger partial charge in [-0.1, -0.05) is 121 Å². The molecule has 5 nitrogen and oxygen atoms in total. The van der Waals surface area contributed by atoms with E-state index in [9.17, 15) is 0 Å². The topological polar surface area (TPSA) is 48.5 Å². The summed E-state index contributed by atoms with van der Waals surface area (Å²) >= 11 is 0. The first kappa shape index (κ1) is 30.3. The van der Waals surface area contributed by atoms with Gasteiger partial charge in [-0.3, -0.25) is 0 Å². The van der Waals surface area contributed by atoms with Crippen LogP contribution in [0.1, 0.15) is 0 Å². The number of hydrogen-bond donors (Lipinski definition) is 0. The quantitative estimate of drug-likeness (QED) is 0.181. The maximum atomic E-state index is 4.98. The van der Waals surface area contributed by atoms with Crippen LogP contribution in [-0.2, 0) is 0 Å². The highest BCUT2D eigenvalue weighted by molar-refractivity contribution is 6.20. The molecule has 8 aromatic carbocycles. The van der Waals surface area contributed by atoms with Gasteiger partial charge >= 0.3 is 0 Å². The number of rotatable bonds is 5. The molecule has 0 N–H and O–H groups in total. The van der Waals surface area contributed by atoms with Gasteiger partial charge < -0.3 is 9.13 Å². The molecule has 0 aliphatic rings. The van der Waals surface area contributed by atoms with Crippen molar-refractivity contribution >= 4 is 54.4 Å². The number of para-hydroxylation sites is 2. The molecule has 0 atom stereocenters. The summed E-state index contributed by atoms with van der Waals surface area (Å²) in [5.41, 5.74) is 9.76. The van der Waals surface area contributed by atoms with Crippen molar-refractivity contribution in [2.75, 3.05) is 0 Å². The Morgan fingerprint density at radius 3 is 1.30 bits per heavy atom. The highest BCUT2D eigenvalue weighted by Gasteiger charge is 2.20. The van der Waals surface area contributed by atoms with Crippen molar-refractivity contribution < 1.29 is 0 Å². The number of fused-ring (bicyclic) bond motifs is 7. The molecule has 0 aliphatic carbocycles. The first-order chi connectivity index (χ1) is 26.8. The summed E-state index contributed by atoms with van der Waals surface area (Å²) in [5, 5.41) is 7.32. The Labute approximate surface area is 311 Å². The van der Waals surface area contributed by atoms with Crippen LogP contribution in [0, 0.1) is 0 Å². The van der Waals surface area contributed by atoms with Crippen LogP contribution in [0.4, 0.5) is 0 Å². The summed E-state index contributed by atoms with van der Waals surface area (Å²) in [6, 6.07) is 66.3. The minimum absolute atomic E-state index is 0.637. The SMILES string of the molecule is c1ccc(-c2nc(-c3ccccc3)nc(-c3ccc(-n4c5cc6ccccc6cc5c5cc6c(cc54)c4ccccc4n6-c4ccccc4)cc3)n2)cc1. The van der Waals surface area contributed by atoms with E-state index in [2.05, 4.69) is 137 Å². The Kier molecular flexibility index (Phi) is 6.79. The zero-order valence-electron chi connectivity index (χ0n) is 29.1. The van der Waals surface area contributed by atoms with Gasteiger partial charge in [0.15, 0.2) is 17.5 Å². The summed E-state index contributed by atoms with van der Waals surface area (Å²) in [6.07, 6.45) is 0. The molecule has 0 aliphatic heterocycles. The van der Waals surface area contributed by atoms with Crippen molar-refractivity contribution in [2.24, 2.45) is 0 Å². The van der Waals surface area contributed by atoms with Gasteiger partial charge in [0.05, 0.1) is 22.1 Å². The van der Waals surface area contributed by atoms with Gasteiger partial charge in [0.2, 0.25) is 0 Å². The monoisotopic (exact) mass is 689 g/mol. The minimum atomic E-state index is 0.637. The average molecular weight is 690 g/mol. The molecule has 0 amide bonds. The first-order valence-electron chi connectivity index (χ1n) is 18.2. The molecule has 5 heteroatoms. The minimum Gasteiger partial charge on any atom is -0.309 e. The average Bonchev–Trinajstić information content (AvgIpc) is 3.74. The van der Waals surface area contributed by atoms with E-state index in [1.165, 1.54) is 43.4 Å². The fourth-order valence-corrected chi connectivity index (χ4v) is 7.99. The van der Waals surface area contributed by atoms with Gasteiger partial charge in [-0.15, -0.1) is 0 Å². The summed E-state index contributed by atoms with van der Waals surface area (Å²) in [4.78, 5) is 14.9. The van der Waals surface area contributed by atoms with Crippen LogP contribution >= 0.6 is 0 Å². The van der Waals surface area contributed by atoms with E-state index in [4.69, 9.17) is 15.0 Å². The zero-order chi connectivity index (χ0) is 35.6. The van der Waals surface area contributed by atoms with Gasteiger partial charge in [-0.25, -0.2) is 15.0 Å². The van der Waals surface area contributed by atoms with Crippen LogP contribution in [0.15, 0.2) is 188 Å². The van der Waals surface area contributed by atoms with E-state index in [0.29, 0.717) is 17.5 Å². The predicted molar refractivity (Wildman–Crippen MR) is 222 cm³/mol.